The molecule has 2 aromatic rings. The maximum absolute atomic E-state index is 14.0. The van der Waals surface area contributed by atoms with Crippen molar-refractivity contribution in [2.24, 2.45) is 0 Å². The highest BCUT2D eigenvalue weighted by Crippen LogP contribution is 2.40. The number of alkyl halides is 5. The van der Waals surface area contributed by atoms with E-state index in [4.69, 9.17) is 5.10 Å². The van der Waals surface area contributed by atoms with Crippen LogP contribution in [0, 0.1) is 0 Å². The molecule has 246 valence electrons. The molecule has 1 unspecified atom stereocenters. The highest BCUT2D eigenvalue weighted by molar-refractivity contribution is 7.99. The van der Waals surface area contributed by atoms with Crippen LogP contribution in [0.1, 0.15) is 42.5 Å². The molecule has 0 amide bonds. The molecule has 1 aromatic carbocycles. The molecule has 0 radical (unpaired) electrons. The lowest BCUT2D eigenvalue weighted by Crippen LogP contribution is -2.42. The minimum atomic E-state index is -4.57. The first-order valence-electron chi connectivity index (χ1n) is 15.1. The van der Waals surface area contributed by atoms with Gasteiger partial charge in [-0.05, 0) is 44.4 Å². The fourth-order valence-electron chi connectivity index (χ4n) is 6.29. The number of piperidine rings is 2. The molecule has 0 bridgehead atoms. The Morgan fingerprint density at radius 1 is 1.05 bits per heavy atom. The number of aliphatic hydroxyl groups excluding tert-OH is 1. The Hall–Kier alpha value is -1.78. The molecule has 1 aromatic heterocycles. The van der Waals surface area contributed by atoms with Crippen LogP contribution in [-0.4, -0.2) is 114 Å². The van der Waals surface area contributed by atoms with Gasteiger partial charge in [0.2, 0.25) is 10.0 Å². The predicted octanol–water partition coefficient (Wildman–Crippen LogP) is 4.21. The summed E-state index contributed by atoms with van der Waals surface area (Å²) in [6, 6.07) is 3.85. The number of halogens is 5. The lowest BCUT2D eigenvalue weighted by Gasteiger charge is -2.30. The number of aromatic nitrogens is 2. The summed E-state index contributed by atoms with van der Waals surface area (Å²) < 4.78 is 97.2. The molecule has 3 aliphatic heterocycles. The molecule has 15 heteroatoms. The van der Waals surface area contributed by atoms with Crippen molar-refractivity contribution in [2.75, 3.05) is 57.8 Å². The molecule has 5 rings (SSSR count). The molecule has 3 aliphatic rings. The smallest absolute Gasteiger partial charge is 0.390 e. The van der Waals surface area contributed by atoms with Crippen LogP contribution in [0.4, 0.5) is 22.0 Å². The van der Waals surface area contributed by atoms with Crippen molar-refractivity contribution in [1.29, 1.82) is 0 Å². The zero-order valence-corrected chi connectivity index (χ0v) is 26.4. The van der Waals surface area contributed by atoms with Crippen molar-refractivity contribution in [3.8, 4) is 11.3 Å². The number of benzene rings is 1. The number of thioether (sulfide) groups is 1. The van der Waals surface area contributed by atoms with E-state index in [9.17, 15) is 35.5 Å². The number of β-amino-alcohol motifs (C(OH)–C–C–N with tert-alkyl or cyclic N) is 1. The molecule has 2 atom stereocenters. The summed E-state index contributed by atoms with van der Waals surface area (Å²) in [5.74, 6) is 0.389. The summed E-state index contributed by atoms with van der Waals surface area (Å²) in [6.45, 7) is 3.20. The first-order chi connectivity index (χ1) is 20.8. The van der Waals surface area contributed by atoms with E-state index in [-0.39, 0.29) is 37.6 Å². The van der Waals surface area contributed by atoms with E-state index in [2.05, 4.69) is 4.90 Å². The highest BCUT2D eigenvalue weighted by Gasteiger charge is 2.35. The maximum Gasteiger partial charge on any atom is 0.417 e. The van der Waals surface area contributed by atoms with E-state index in [0.29, 0.717) is 80.9 Å². The van der Waals surface area contributed by atoms with E-state index in [1.807, 2.05) is 4.90 Å². The van der Waals surface area contributed by atoms with E-state index < -0.39 is 40.2 Å². The van der Waals surface area contributed by atoms with Gasteiger partial charge in [0.05, 0.1) is 30.2 Å². The summed E-state index contributed by atoms with van der Waals surface area (Å²) in [4.78, 5) is 3.97. The molecule has 1 N–H and O–H groups in total. The molecular formula is C29H40F5N5O3S2. The van der Waals surface area contributed by atoms with Gasteiger partial charge >= 0.3 is 6.18 Å². The Balaban J connectivity index is 1.42. The van der Waals surface area contributed by atoms with Crippen LogP contribution in [-0.2, 0) is 35.7 Å². The second-order valence-corrected chi connectivity index (χ2v) is 15.1. The zero-order chi connectivity index (χ0) is 31.6. The van der Waals surface area contributed by atoms with Crippen LogP contribution in [0.2, 0.25) is 0 Å². The van der Waals surface area contributed by atoms with E-state index in [1.54, 1.807) is 4.68 Å². The van der Waals surface area contributed by atoms with Crippen LogP contribution in [0.5, 0.6) is 0 Å². The van der Waals surface area contributed by atoms with Crippen LogP contribution in [0.25, 0.3) is 11.3 Å². The molecule has 4 heterocycles. The van der Waals surface area contributed by atoms with Crippen LogP contribution in [0.3, 0.4) is 0 Å². The third kappa shape index (κ3) is 8.32. The summed E-state index contributed by atoms with van der Waals surface area (Å²) >= 11 is 1.08. The number of aliphatic hydroxyl groups is 1. The molecule has 0 aliphatic carbocycles. The summed E-state index contributed by atoms with van der Waals surface area (Å²) in [5, 5.41) is 15.6. The Labute approximate surface area is 259 Å². The number of hydrogen-bond acceptors (Lipinski definition) is 7. The molecule has 2 fully saturated rings. The van der Waals surface area contributed by atoms with Gasteiger partial charge in [-0.1, -0.05) is 6.07 Å². The van der Waals surface area contributed by atoms with Crippen LogP contribution < -0.4 is 0 Å². The molecule has 2 saturated heterocycles. The van der Waals surface area contributed by atoms with Crippen LogP contribution in [0.15, 0.2) is 23.1 Å². The maximum atomic E-state index is 14.0. The van der Waals surface area contributed by atoms with Gasteiger partial charge in [-0.15, -0.1) is 11.8 Å². The summed E-state index contributed by atoms with van der Waals surface area (Å²) in [6.07, 6.45) is -3.69. The second-order valence-electron chi connectivity index (χ2n) is 12.0. The van der Waals surface area contributed by atoms with Crippen molar-refractivity contribution < 1.29 is 35.5 Å². The quantitative estimate of drug-likeness (QED) is 0.301. The third-order valence-corrected chi connectivity index (χ3v) is 10.9. The van der Waals surface area contributed by atoms with Crippen molar-refractivity contribution in [1.82, 2.24) is 23.9 Å². The Morgan fingerprint density at radius 2 is 1.80 bits per heavy atom. The number of likely N-dealkylation sites (tertiary alicyclic amines) is 2. The minimum Gasteiger partial charge on any atom is -0.390 e. The molecular weight excluding hydrogens is 625 g/mol. The average Bonchev–Trinajstić information content (AvgIpc) is 3.30. The lowest BCUT2D eigenvalue weighted by molar-refractivity contribution is -0.139. The van der Waals surface area contributed by atoms with Gasteiger partial charge in [0.25, 0.3) is 0 Å². The monoisotopic (exact) mass is 665 g/mol. The summed E-state index contributed by atoms with van der Waals surface area (Å²) in [7, 11) is -3.54. The second kappa shape index (κ2) is 13.9. The Kier molecular flexibility index (Phi) is 10.6. The average molecular weight is 666 g/mol. The van der Waals surface area contributed by atoms with E-state index in [0.717, 1.165) is 29.8 Å². The fraction of sp³-hybridized carbons (Fsp3) is 0.690. The Bertz CT molecular complexity index is 1400. The largest absolute Gasteiger partial charge is 0.417 e. The summed E-state index contributed by atoms with van der Waals surface area (Å²) in [5.41, 5.74) is 1.37. The lowest BCUT2D eigenvalue weighted by atomic mass is 10.0. The minimum absolute atomic E-state index is 0.0171. The number of sulfonamides is 1. The van der Waals surface area contributed by atoms with Gasteiger partial charge in [-0.2, -0.15) is 22.6 Å². The Morgan fingerprint density at radius 3 is 2.48 bits per heavy atom. The number of rotatable bonds is 10. The standard InChI is InChI=1S/C29H40F5N5O3S2/c1-44(41,42)38-12-8-26-24(19-38)28(35-39(26)18-23(40)17-37-9-2-3-22(31)16-37)20-4-5-25(29(32,33)34)27(15-20)43-14-13-36-10-6-21(30)7-11-36/h4-5,15,21-23,40H,2-3,6-14,16-19H2,1H3/t22?,23-/m0/s1. The molecule has 44 heavy (non-hydrogen) atoms. The van der Waals surface area contributed by atoms with Gasteiger partial charge in [0.15, 0.2) is 0 Å². The van der Waals surface area contributed by atoms with Crippen LogP contribution >= 0.6 is 11.8 Å². The topological polar surface area (TPSA) is 81.9 Å². The third-order valence-electron chi connectivity index (χ3n) is 8.61. The van der Waals surface area contributed by atoms with Gasteiger partial charge < -0.3 is 10.0 Å². The van der Waals surface area contributed by atoms with Crippen molar-refractivity contribution >= 4 is 21.8 Å². The van der Waals surface area contributed by atoms with Gasteiger partial charge in [0, 0.05) is 79.7 Å². The fourth-order valence-corrected chi connectivity index (χ4v) is 8.19. The van der Waals surface area contributed by atoms with Gasteiger partial charge in [0.1, 0.15) is 12.3 Å². The van der Waals surface area contributed by atoms with E-state index >= 15 is 0 Å². The molecule has 0 saturated carbocycles. The number of fused-ring (bicyclic) bond motifs is 1. The molecule has 0 spiro atoms. The number of hydrogen-bond donors (Lipinski definition) is 1. The SMILES string of the molecule is CS(=O)(=O)N1CCc2c(c(-c3ccc(C(F)(F)F)c(SCCN4CCC(F)CC4)c3)nn2C[C@@H](O)CN2CCCC(F)C2)C1. The first kappa shape index (κ1) is 33.6. The highest BCUT2D eigenvalue weighted by atomic mass is 32.2. The first-order valence-corrected chi connectivity index (χ1v) is 17.9. The van der Waals surface area contributed by atoms with E-state index in [1.165, 1.54) is 16.4 Å². The predicted molar refractivity (Wildman–Crippen MR) is 159 cm³/mol. The van der Waals surface area contributed by atoms with Crippen molar-refractivity contribution in [2.45, 2.75) is 74.7 Å². The van der Waals surface area contributed by atoms with Crippen molar-refractivity contribution in [3.63, 3.8) is 0 Å². The number of nitrogens with zero attached hydrogens (tertiary/aromatic N) is 5. The van der Waals surface area contributed by atoms with Gasteiger partial charge in [-0.25, -0.2) is 17.2 Å². The van der Waals surface area contributed by atoms with Gasteiger partial charge in [-0.3, -0.25) is 9.58 Å². The van der Waals surface area contributed by atoms with Crippen molar-refractivity contribution in [3.05, 3.63) is 35.0 Å². The normalized spacial score (nSPS) is 22.3. The molecule has 8 nitrogen and oxygen atoms in total. The zero-order valence-electron chi connectivity index (χ0n) is 24.8.